The Morgan fingerprint density at radius 3 is 1.43 bits per heavy atom. The third-order valence-electron chi connectivity index (χ3n) is 9.68. The van der Waals surface area contributed by atoms with Crippen molar-refractivity contribution in [1.29, 1.82) is 5.26 Å². The van der Waals surface area contributed by atoms with Crippen molar-refractivity contribution in [2.45, 2.75) is 0 Å². The van der Waals surface area contributed by atoms with Crippen molar-refractivity contribution >= 4 is 87.2 Å². The molecule has 0 bridgehead atoms. The first-order valence-electron chi connectivity index (χ1n) is 15.1. The first-order valence-corrected chi connectivity index (χ1v) is 15.1. The molecule has 210 valence electrons. The molecule has 6 heterocycles. The standard InChI is InChI=1S/C39H19N7/c40-20-27-28(45-30-14-18-41-36-25-8-3-4-9-26(25)37-35(34(30)36)31(45)15-19-42-37)10-5-11-29(27)46-38-32-23(12-16-43-38)21-6-1-2-7-22(21)24-13-17-44-39(46)33(24)32/h1-19H. The quantitative estimate of drug-likeness (QED) is 0.189. The van der Waals surface area contributed by atoms with E-state index in [0.717, 1.165) is 87.8 Å². The number of rotatable bonds is 2. The number of fused-ring (bicyclic) bond motifs is 6. The lowest BCUT2D eigenvalue weighted by atomic mass is 9.97. The fraction of sp³-hybridized carbons (Fsp3) is 0. The second-order valence-electron chi connectivity index (χ2n) is 11.8. The minimum atomic E-state index is 0.532. The van der Waals surface area contributed by atoms with Crippen LogP contribution in [0, 0.1) is 11.3 Å². The van der Waals surface area contributed by atoms with Crippen LogP contribution in [0.5, 0.6) is 0 Å². The number of pyridine rings is 4. The van der Waals surface area contributed by atoms with Gasteiger partial charge in [0.05, 0.1) is 33.4 Å². The van der Waals surface area contributed by atoms with E-state index in [1.807, 2.05) is 67.3 Å². The summed E-state index contributed by atoms with van der Waals surface area (Å²) in [7, 11) is 0. The van der Waals surface area contributed by atoms with Gasteiger partial charge in [-0.2, -0.15) is 5.26 Å². The lowest BCUT2D eigenvalue weighted by molar-refractivity contribution is 1.08. The summed E-state index contributed by atoms with van der Waals surface area (Å²) in [6.45, 7) is 0. The lowest BCUT2D eigenvalue weighted by Gasteiger charge is -2.14. The molecular weight excluding hydrogens is 566 g/mol. The summed E-state index contributed by atoms with van der Waals surface area (Å²) in [5.74, 6) is 0. The molecule has 6 aromatic heterocycles. The molecule has 0 spiro atoms. The van der Waals surface area contributed by atoms with E-state index < -0.39 is 0 Å². The van der Waals surface area contributed by atoms with E-state index in [1.54, 1.807) is 0 Å². The molecule has 0 saturated carbocycles. The van der Waals surface area contributed by atoms with Gasteiger partial charge in [-0.25, -0.2) is 9.97 Å². The van der Waals surface area contributed by atoms with E-state index in [-0.39, 0.29) is 0 Å². The minimum Gasteiger partial charge on any atom is -0.308 e. The molecule has 0 unspecified atom stereocenters. The summed E-state index contributed by atoms with van der Waals surface area (Å²) in [5.41, 5.74) is 7.43. The van der Waals surface area contributed by atoms with E-state index in [4.69, 9.17) is 19.9 Å². The van der Waals surface area contributed by atoms with Crippen LogP contribution < -0.4 is 0 Å². The Morgan fingerprint density at radius 1 is 0.435 bits per heavy atom. The minimum absolute atomic E-state index is 0.532. The Morgan fingerprint density at radius 2 is 0.913 bits per heavy atom. The molecule has 46 heavy (non-hydrogen) atoms. The molecule has 7 heteroatoms. The van der Waals surface area contributed by atoms with Gasteiger partial charge in [0.25, 0.3) is 0 Å². The molecule has 11 rings (SSSR count). The Bertz CT molecular complexity index is 2730. The first kappa shape index (κ1) is 23.8. The predicted octanol–water partition coefficient (Wildman–Crippen LogP) is 8.82. The van der Waals surface area contributed by atoms with E-state index in [9.17, 15) is 5.26 Å². The summed E-state index contributed by atoms with van der Waals surface area (Å²) >= 11 is 0. The highest BCUT2D eigenvalue weighted by atomic mass is 15.1. The molecule has 0 N–H and O–H groups in total. The highest BCUT2D eigenvalue weighted by molar-refractivity contribution is 6.34. The second-order valence-corrected chi connectivity index (χ2v) is 11.8. The van der Waals surface area contributed by atoms with Crippen LogP contribution in [0.25, 0.3) is 98.6 Å². The maximum absolute atomic E-state index is 11.0. The van der Waals surface area contributed by atoms with Gasteiger partial charge in [-0.05, 0) is 57.9 Å². The average Bonchev–Trinajstić information content (AvgIpc) is 3.64. The van der Waals surface area contributed by atoms with Gasteiger partial charge >= 0.3 is 0 Å². The molecule has 7 nitrogen and oxygen atoms in total. The zero-order valence-electron chi connectivity index (χ0n) is 24.1. The van der Waals surface area contributed by atoms with Crippen molar-refractivity contribution in [3.05, 3.63) is 121 Å². The van der Waals surface area contributed by atoms with Gasteiger partial charge in [0.15, 0.2) is 0 Å². The zero-order chi connectivity index (χ0) is 30.1. The van der Waals surface area contributed by atoms with Crippen LogP contribution in [0.1, 0.15) is 5.56 Å². The van der Waals surface area contributed by atoms with Crippen LogP contribution in [0.3, 0.4) is 0 Å². The molecule has 0 atom stereocenters. The number of nitrogens with zero attached hydrogens (tertiary/aromatic N) is 7. The molecule has 0 radical (unpaired) electrons. The fourth-order valence-electron chi connectivity index (χ4n) is 7.94. The predicted molar refractivity (Wildman–Crippen MR) is 183 cm³/mol. The zero-order valence-corrected chi connectivity index (χ0v) is 24.1. The maximum Gasteiger partial charge on any atom is 0.147 e. The molecule has 0 saturated heterocycles. The number of nitriles is 1. The molecule has 5 aromatic carbocycles. The first-order chi connectivity index (χ1) is 22.8. The second kappa shape index (κ2) is 8.29. The average molecular weight is 586 g/mol. The largest absolute Gasteiger partial charge is 0.308 e. The topological polar surface area (TPSA) is 85.2 Å². The molecule has 0 aliphatic carbocycles. The Balaban J connectivity index is 1.30. The fourth-order valence-corrected chi connectivity index (χ4v) is 7.94. The van der Waals surface area contributed by atoms with Crippen LogP contribution in [0.4, 0.5) is 0 Å². The van der Waals surface area contributed by atoms with E-state index in [2.05, 4.69) is 63.7 Å². The van der Waals surface area contributed by atoms with Gasteiger partial charge < -0.3 is 4.57 Å². The smallest absolute Gasteiger partial charge is 0.147 e. The third kappa shape index (κ3) is 2.69. The molecule has 0 aliphatic heterocycles. The van der Waals surface area contributed by atoms with Crippen molar-refractivity contribution in [1.82, 2.24) is 29.1 Å². The SMILES string of the molecule is N#Cc1c(-n2c3ccnc4c5ccccc5c5nccc2c5c43)cccc1-n1c2nccc3c4ccccc4c4ccnc1c4c32. The van der Waals surface area contributed by atoms with E-state index in [0.29, 0.717) is 5.56 Å². The van der Waals surface area contributed by atoms with E-state index >= 15 is 0 Å². The summed E-state index contributed by atoms with van der Waals surface area (Å²) < 4.78 is 4.25. The van der Waals surface area contributed by atoms with Gasteiger partial charge in [0, 0.05) is 57.1 Å². The monoisotopic (exact) mass is 585 g/mol. The summed E-state index contributed by atoms with van der Waals surface area (Å²) in [5, 5.41) is 21.9. The summed E-state index contributed by atoms with van der Waals surface area (Å²) in [6, 6.07) is 33.6. The normalized spacial score (nSPS) is 12.3. The van der Waals surface area contributed by atoms with Crippen LogP contribution in [-0.4, -0.2) is 29.1 Å². The van der Waals surface area contributed by atoms with Crippen molar-refractivity contribution in [3.8, 4) is 17.4 Å². The van der Waals surface area contributed by atoms with Crippen LogP contribution in [0.15, 0.2) is 116 Å². The number of hydrogen-bond donors (Lipinski definition) is 0. The van der Waals surface area contributed by atoms with Crippen molar-refractivity contribution in [2.24, 2.45) is 0 Å². The molecule has 0 fully saturated rings. The molecular formula is C39H19N7. The van der Waals surface area contributed by atoms with Gasteiger partial charge in [-0.3, -0.25) is 14.5 Å². The van der Waals surface area contributed by atoms with Gasteiger partial charge in [0.2, 0.25) is 0 Å². The van der Waals surface area contributed by atoms with Crippen molar-refractivity contribution in [3.63, 3.8) is 0 Å². The molecule has 11 aromatic rings. The van der Waals surface area contributed by atoms with Crippen molar-refractivity contribution in [2.75, 3.05) is 0 Å². The van der Waals surface area contributed by atoms with Gasteiger partial charge in [-0.15, -0.1) is 0 Å². The van der Waals surface area contributed by atoms with Crippen LogP contribution in [-0.2, 0) is 0 Å². The number of aromatic nitrogens is 6. The molecule has 0 amide bonds. The number of hydrogen-bond acceptors (Lipinski definition) is 5. The maximum atomic E-state index is 11.0. The van der Waals surface area contributed by atoms with Crippen LogP contribution in [0.2, 0.25) is 0 Å². The van der Waals surface area contributed by atoms with Crippen LogP contribution >= 0.6 is 0 Å². The Labute approximate surface area is 259 Å². The number of benzene rings is 5. The Hall–Kier alpha value is -6.65. The van der Waals surface area contributed by atoms with Gasteiger partial charge in [-0.1, -0.05) is 54.6 Å². The third-order valence-corrected chi connectivity index (χ3v) is 9.68. The Kier molecular flexibility index (Phi) is 4.28. The molecule has 0 aliphatic rings. The highest BCUT2D eigenvalue weighted by Crippen LogP contribution is 2.45. The van der Waals surface area contributed by atoms with Gasteiger partial charge in [0.1, 0.15) is 22.9 Å². The highest BCUT2D eigenvalue weighted by Gasteiger charge is 2.26. The van der Waals surface area contributed by atoms with E-state index in [1.165, 1.54) is 10.8 Å². The summed E-state index contributed by atoms with van der Waals surface area (Å²) in [4.78, 5) is 19.5. The van der Waals surface area contributed by atoms with Crippen molar-refractivity contribution < 1.29 is 0 Å². The summed E-state index contributed by atoms with van der Waals surface area (Å²) in [6.07, 6.45) is 7.42. The lowest BCUT2D eigenvalue weighted by Crippen LogP contribution is -2.05.